The molecule has 94 valence electrons. The van der Waals surface area contributed by atoms with Crippen molar-refractivity contribution in [3.05, 3.63) is 45.0 Å². The van der Waals surface area contributed by atoms with Crippen LogP contribution in [0.25, 0.3) is 0 Å². The van der Waals surface area contributed by atoms with Gasteiger partial charge in [0.05, 0.1) is 10.7 Å². The molecule has 18 heavy (non-hydrogen) atoms. The smallest absolute Gasteiger partial charge is 0.233 e. The first kappa shape index (κ1) is 13.3. The van der Waals surface area contributed by atoms with E-state index in [9.17, 15) is 0 Å². The fourth-order valence-corrected chi connectivity index (χ4v) is 2.10. The van der Waals surface area contributed by atoms with Gasteiger partial charge < -0.3 is 10.1 Å². The van der Waals surface area contributed by atoms with Gasteiger partial charge >= 0.3 is 0 Å². The van der Waals surface area contributed by atoms with E-state index in [0.717, 1.165) is 14.5 Å². The lowest BCUT2D eigenvalue weighted by Crippen LogP contribution is -2.02. The van der Waals surface area contributed by atoms with E-state index in [1.807, 2.05) is 24.3 Å². The number of hydrogen-bond donors (Lipinski definition) is 1. The summed E-state index contributed by atoms with van der Waals surface area (Å²) in [5.41, 5.74) is 1.07. The summed E-state index contributed by atoms with van der Waals surface area (Å²) in [4.78, 5) is 8.30. The predicted octanol–water partition coefficient (Wildman–Crippen LogP) is 3.62. The normalized spacial score (nSPS) is 10.2. The lowest BCUT2D eigenvalue weighted by atomic mass is 10.2. The molecular formula is C12H11Br2N3O. The Hall–Kier alpha value is -1.14. The molecule has 0 aliphatic carbocycles. The van der Waals surface area contributed by atoms with Crippen molar-refractivity contribution in [3.8, 4) is 5.88 Å². The molecular weight excluding hydrogens is 362 g/mol. The Kier molecular flexibility index (Phi) is 4.54. The predicted molar refractivity (Wildman–Crippen MR) is 77.8 cm³/mol. The zero-order valence-corrected chi connectivity index (χ0v) is 12.8. The van der Waals surface area contributed by atoms with Crippen LogP contribution in [0.5, 0.6) is 5.88 Å². The van der Waals surface area contributed by atoms with Gasteiger partial charge in [-0.05, 0) is 33.6 Å². The van der Waals surface area contributed by atoms with Crippen LogP contribution in [-0.4, -0.2) is 17.0 Å². The topological polar surface area (TPSA) is 47.0 Å². The second-order valence-electron chi connectivity index (χ2n) is 3.52. The van der Waals surface area contributed by atoms with E-state index in [1.165, 1.54) is 0 Å². The number of hydrogen-bond acceptors (Lipinski definition) is 4. The van der Waals surface area contributed by atoms with E-state index in [0.29, 0.717) is 18.4 Å². The summed E-state index contributed by atoms with van der Waals surface area (Å²) in [5, 5.41) is 2.87. The maximum Gasteiger partial charge on any atom is 0.233 e. The molecule has 0 saturated carbocycles. The van der Waals surface area contributed by atoms with Crippen LogP contribution in [-0.2, 0) is 6.61 Å². The average Bonchev–Trinajstić information content (AvgIpc) is 2.38. The molecule has 0 saturated heterocycles. The van der Waals surface area contributed by atoms with Crippen LogP contribution >= 0.6 is 31.9 Å². The molecule has 0 unspecified atom stereocenters. The monoisotopic (exact) mass is 371 g/mol. The Morgan fingerprint density at radius 3 is 2.89 bits per heavy atom. The SMILES string of the molecule is CNc1ncc(Br)c(OCc2cccc(Br)c2)n1. The molecule has 2 aromatic rings. The van der Waals surface area contributed by atoms with Gasteiger partial charge in [0.2, 0.25) is 11.8 Å². The Morgan fingerprint density at radius 2 is 2.17 bits per heavy atom. The van der Waals surface area contributed by atoms with Gasteiger partial charge in [-0.2, -0.15) is 4.98 Å². The number of ether oxygens (including phenoxy) is 1. The largest absolute Gasteiger partial charge is 0.472 e. The lowest BCUT2D eigenvalue weighted by Gasteiger charge is -2.08. The fourth-order valence-electron chi connectivity index (χ4n) is 1.35. The van der Waals surface area contributed by atoms with Gasteiger partial charge in [0.1, 0.15) is 6.61 Å². The first-order valence-corrected chi connectivity index (χ1v) is 6.85. The van der Waals surface area contributed by atoms with Crippen LogP contribution in [0.2, 0.25) is 0 Å². The third-order valence-electron chi connectivity index (χ3n) is 2.20. The highest BCUT2D eigenvalue weighted by Crippen LogP contribution is 2.23. The number of halogens is 2. The Bertz CT molecular complexity index is 549. The Labute approximate surface area is 122 Å². The van der Waals surface area contributed by atoms with E-state index in [1.54, 1.807) is 13.2 Å². The highest BCUT2D eigenvalue weighted by molar-refractivity contribution is 9.10. The Morgan fingerprint density at radius 1 is 1.33 bits per heavy atom. The second-order valence-corrected chi connectivity index (χ2v) is 5.29. The van der Waals surface area contributed by atoms with Crippen LogP contribution in [0, 0.1) is 0 Å². The molecule has 0 atom stereocenters. The molecule has 0 aliphatic heterocycles. The van der Waals surface area contributed by atoms with E-state index in [-0.39, 0.29) is 0 Å². The van der Waals surface area contributed by atoms with Crippen LogP contribution in [0.4, 0.5) is 5.95 Å². The second kappa shape index (κ2) is 6.15. The third kappa shape index (κ3) is 3.43. The van der Waals surface area contributed by atoms with E-state index in [4.69, 9.17) is 4.74 Å². The summed E-state index contributed by atoms with van der Waals surface area (Å²) in [7, 11) is 1.77. The molecule has 0 spiro atoms. The van der Waals surface area contributed by atoms with E-state index >= 15 is 0 Å². The fraction of sp³-hybridized carbons (Fsp3) is 0.167. The van der Waals surface area contributed by atoms with Crippen LogP contribution in [0.3, 0.4) is 0 Å². The Balaban J connectivity index is 2.10. The number of benzene rings is 1. The number of aromatic nitrogens is 2. The molecule has 1 aromatic carbocycles. The minimum atomic E-state index is 0.457. The molecule has 2 rings (SSSR count). The van der Waals surface area contributed by atoms with Crippen molar-refractivity contribution >= 4 is 37.8 Å². The molecule has 1 aromatic heterocycles. The standard InChI is InChI=1S/C12H11Br2N3O/c1-15-12-16-6-10(14)11(17-12)18-7-8-3-2-4-9(13)5-8/h2-6H,7H2,1H3,(H,15,16,17). The van der Waals surface area contributed by atoms with Crippen molar-refractivity contribution in [2.75, 3.05) is 12.4 Å². The first-order chi connectivity index (χ1) is 8.69. The van der Waals surface area contributed by atoms with Gasteiger partial charge in [-0.25, -0.2) is 4.98 Å². The molecule has 1 heterocycles. The van der Waals surface area contributed by atoms with Gasteiger partial charge in [-0.15, -0.1) is 0 Å². The zero-order valence-electron chi connectivity index (χ0n) is 9.65. The zero-order chi connectivity index (χ0) is 13.0. The van der Waals surface area contributed by atoms with Gasteiger partial charge in [-0.1, -0.05) is 28.1 Å². The number of nitrogens with one attached hydrogen (secondary N) is 1. The van der Waals surface area contributed by atoms with Crippen molar-refractivity contribution in [2.24, 2.45) is 0 Å². The van der Waals surface area contributed by atoms with Gasteiger partial charge in [0.15, 0.2) is 0 Å². The molecule has 1 N–H and O–H groups in total. The summed E-state index contributed by atoms with van der Waals surface area (Å²) in [5.74, 6) is 1.05. The van der Waals surface area contributed by atoms with Crippen LogP contribution in [0.1, 0.15) is 5.56 Å². The highest BCUT2D eigenvalue weighted by atomic mass is 79.9. The number of nitrogens with zero attached hydrogens (tertiary/aromatic N) is 2. The van der Waals surface area contributed by atoms with Crippen molar-refractivity contribution in [3.63, 3.8) is 0 Å². The quantitative estimate of drug-likeness (QED) is 0.890. The number of rotatable bonds is 4. The molecule has 0 amide bonds. The van der Waals surface area contributed by atoms with Crippen molar-refractivity contribution in [1.82, 2.24) is 9.97 Å². The molecule has 0 bridgehead atoms. The molecule has 0 aliphatic rings. The molecule has 0 radical (unpaired) electrons. The van der Waals surface area contributed by atoms with Crippen molar-refractivity contribution in [2.45, 2.75) is 6.61 Å². The maximum absolute atomic E-state index is 5.66. The summed E-state index contributed by atoms with van der Waals surface area (Å²) in [6.45, 7) is 0.457. The summed E-state index contributed by atoms with van der Waals surface area (Å²) >= 11 is 6.79. The van der Waals surface area contributed by atoms with Crippen LogP contribution < -0.4 is 10.1 Å². The third-order valence-corrected chi connectivity index (χ3v) is 3.24. The lowest BCUT2D eigenvalue weighted by molar-refractivity contribution is 0.291. The maximum atomic E-state index is 5.66. The van der Waals surface area contributed by atoms with Crippen LogP contribution in [0.15, 0.2) is 39.4 Å². The van der Waals surface area contributed by atoms with Gasteiger partial charge in [0.25, 0.3) is 0 Å². The minimum absolute atomic E-state index is 0.457. The van der Waals surface area contributed by atoms with Crippen molar-refractivity contribution < 1.29 is 4.74 Å². The molecule has 4 nitrogen and oxygen atoms in total. The summed E-state index contributed by atoms with van der Waals surface area (Å²) < 4.78 is 7.42. The minimum Gasteiger partial charge on any atom is -0.472 e. The number of anilines is 1. The average molecular weight is 373 g/mol. The summed E-state index contributed by atoms with van der Waals surface area (Å²) in [6.07, 6.45) is 1.66. The first-order valence-electron chi connectivity index (χ1n) is 5.26. The van der Waals surface area contributed by atoms with Crippen molar-refractivity contribution in [1.29, 1.82) is 0 Å². The highest BCUT2D eigenvalue weighted by Gasteiger charge is 2.06. The molecule has 6 heteroatoms. The van der Waals surface area contributed by atoms with Gasteiger partial charge in [-0.3, -0.25) is 0 Å². The van der Waals surface area contributed by atoms with Gasteiger partial charge in [0, 0.05) is 11.5 Å². The summed E-state index contributed by atoms with van der Waals surface area (Å²) in [6, 6.07) is 7.95. The van der Waals surface area contributed by atoms with E-state index < -0.39 is 0 Å². The molecule has 0 fully saturated rings. The van der Waals surface area contributed by atoms with E-state index in [2.05, 4.69) is 47.1 Å².